The Labute approximate surface area is 126 Å². The molecule has 0 aromatic heterocycles. The number of hydrogen-bond donors (Lipinski definition) is 3. The van der Waals surface area contributed by atoms with Crippen LogP contribution >= 0.6 is 0 Å². The molecule has 1 rings (SSSR count). The van der Waals surface area contributed by atoms with E-state index in [-0.39, 0.29) is 24.8 Å². The number of amides is 2. The number of urea groups is 1. The molecule has 1 atom stereocenters. The van der Waals surface area contributed by atoms with Gasteiger partial charge in [0.25, 0.3) is 0 Å². The van der Waals surface area contributed by atoms with E-state index < -0.39 is 0 Å². The van der Waals surface area contributed by atoms with Gasteiger partial charge in [0.15, 0.2) is 0 Å². The van der Waals surface area contributed by atoms with Gasteiger partial charge in [0.1, 0.15) is 0 Å². The zero-order valence-electron chi connectivity index (χ0n) is 13.1. The second-order valence-electron chi connectivity index (χ2n) is 5.28. The second-order valence-corrected chi connectivity index (χ2v) is 5.28. The molecule has 0 bridgehead atoms. The van der Waals surface area contributed by atoms with Gasteiger partial charge >= 0.3 is 6.03 Å². The molecule has 1 aromatic carbocycles. The van der Waals surface area contributed by atoms with Crippen LogP contribution in [-0.2, 0) is 11.3 Å². The van der Waals surface area contributed by atoms with E-state index in [9.17, 15) is 4.79 Å². The quantitative estimate of drug-likeness (QED) is 0.690. The molecule has 5 nitrogen and oxygen atoms in total. The van der Waals surface area contributed by atoms with Crippen molar-refractivity contribution in [2.75, 3.05) is 11.9 Å². The van der Waals surface area contributed by atoms with Crippen LogP contribution < -0.4 is 10.6 Å². The van der Waals surface area contributed by atoms with Crippen molar-refractivity contribution in [2.24, 2.45) is 0 Å². The highest BCUT2D eigenvalue weighted by atomic mass is 16.5. The third-order valence-corrected chi connectivity index (χ3v) is 3.07. The van der Waals surface area contributed by atoms with Crippen LogP contribution in [0, 0.1) is 0 Å². The summed E-state index contributed by atoms with van der Waals surface area (Å²) in [5.74, 6) is 0. The summed E-state index contributed by atoms with van der Waals surface area (Å²) >= 11 is 0. The lowest BCUT2D eigenvalue weighted by molar-refractivity contribution is 0.0657. The largest absolute Gasteiger partial charge is 0.396 e. The number of aliphatic hydroxyl groups excluding tert-OH is 1. The highest BCUT2D eigenvalue weighted by Crippen LogP contribution is 2.12. The van der Waals surface area contributed by atoms with Crippen LogP contribution in [0.4, 0.5) is 10.5 Å². The standard InChI is InChI=1S/C16H26N2O3/c1-4-14(8-9-19)17-16(20)18-15-7-5-6-13(10-15)11-21-12(2)3/h5-7,10,12,14,19H,4,8-9,11H2,1-3H3,(H2,17,18,20). The lowest BCUT2D eigenvalue weighted by Crippen LogP contribution is -2.38. The zero-order valence-corrected chi connectivity index (χ0v) is 13.1. The van der Waals surface area contributed by atoms with Crippen LogP contribution in [-0.4, -0.2) is 29.9 Å². The molecule has 0 fully saturated rings. The Morgan fingerprint density at radius 2 is 2.14 bits per heavy atom. The summed E-state index contributed by atoms with van der Waals surface area (Å²) in [5, 5.41) is 14.6. The smallest absolute Gasteiger partial charge is 0.319 e. The number of aliphatic hydroxyl groups is 1. The molecule has 0 saturated carbocycles. The summed E-state index contributed by atoms with van der Waals surface area (Å²) < 4.78 is 5.55. The number of anilines is 1. The number of rotatable bonds is 8. The zero-order chi connectivity index (χ0) is 15.7. The Hall–Kier alpha value is -1.59. The minimum atomic E-state index is -0.253. The van der Waals surface area contributed by atoms with Crippen molar-refractivity contribution in [3.63, 3.8) is 0 Å². The predicted molar refractivity (Wildman–Crippen MR) is 84.3 cm³/mol. The van der Waals surface area contributed by atoms with E-state index in [1.54, 1.807) is 0 Å². The van der Waals surface area contributed by atoms with Gasteiger partial charge in [0.2, 0.25) is 0 Å². The average Bonchev–Trinajstić information content (AvgIpc) is 2.45. The summed E-state index contributed by atoms with van der Waals surface area (Å²) in [6.45, 7) is 6.55. The number of carbonyl (C=O) groups excluding carboxylic acids is 1. The molecule has 118 valence electrons. The van der Waals surface area contributed by atoms with Crippen LogP contribution in [0.3, 0.4) is 0 Å². The minimum Gasteiger partial charge on any atom is -0.396 e. The normalized spacial score (nSPS) is 12.2. The van der Waals surface area contributed by atoms with E-state index in [0.29, 0.717) is 13.0 Å². The predicted octanol–water partition coefficient (Wildman–Crippen LogP) is 2.89. The van der Waals surface area contributed by atoms with Crippen molar-refractivity contribution >= 4 is 11.7 Å². The number of benzene rings is 1. The first-order valence-electron chi connectivity index (χ1n) is 7.44. The lowest BCUT2D eigenvalue weighted by atomic mass is 10.1. The van der Waals surface area contributed by atoms with Gasteiger partial charge in [0.05, 0.1) is 12.7 Å². The summed E-state index contributed by atoms with van der Waals surface area (Å²) in [5.41, 5.74) is 1.75. The van der Waals surface area contributed by atoms with E-state index in [2.05, 4.69) is 10.6 Å². The number of hydrogen-bond acceptors (Lipinski definition) is 3. The van der Waals surface area contributed by atoms with Crippen molar-refractivity contribution in [1.29, 1.82) is 0 Å². The Balaban J connectivity index is 2.53. The molecule has 0 aliphatic heterocycles. The molecule has 0 spiro atoms. The van der Waals surface area contributed by atoms with E-state index in [1.807, 2.05) is 45.0 Å². The van der Waals surface area contributed by atoms with Crippen molar-refractivity contribution in [1.82, 2.24) is 5.32 Å². The van der Waals surface area contributed by atoms with Crippen LogP contribution in [0.5, 0.6) is 0 Å². The van der Waals surface area contributed by atoms with Crippen LogP contribution in [0.2, 0.25) is 0 Å². The fourth-order valence-corrected chi connectivity index (χ4v) is 1.89. The Kier molecular flexibility index (Phi) is 7.79. The number of carbonyl (C=O) groups is 1. The maximum absolute atomic E-state index is 11.9. The average molecular weight is 294 g/mol. The molecule has 0 saturated heterocycles. The van der Waals surface area contributed by atoms with Crippen molar-refractivity contribution in [2.45, 2.75) is 52.4 Å². The van der Waals surface area contributed by atoms with Gasteiger partial charge in [0, 0.05) is 18.3 Å². The van der Waals surface area contributed by atoms with Gasteiger partial charge in [-0.1, -0.05) is 19.1 Å². The number of ether oxygens (including phenoxy) is 1. The molecule has 2 amide bonds. The molecular weight excluding hydrogens is 268 g/mol. The topological polar surface area (TPSA) is 70.6 Å². The van der Waals surface area contributed by atoms with Gasteiger partial charge < -0.3 is 20.5 Å². The molecular formula is C16H26N2O3. The van der Waals surface area contributed by atoms with Crippen molar-refractivity contribution in [3.8, 4) is 0 Å². The summed E-state index contributed by atoms with van der Waals surface area (Å²) in [6.07, 6.45) is 1.52. The first kappa shape index (κ1) is 17.5. The summed E-state index contributed by atoms with van der Waals surface area (Å²) in [4.78, 5) is 11.9. The molecule has 0 aliphatic rings. The maximum Gasteiger partial charge on any atom is 0.319 e. The van der Waals surface area contributed by atoms with Gasteiger partial charge in [-0.2, -0.15) is 0 Å². The lowest BCUT2D eigenvalue weighted by Gasteiger charge is -2.16. The Bertz CT molecular complexity index is 435. The van der Waals surface area contributed by atoms with Crippen molar-refractivity contribution < 1.29 is 14.6 Å². The first-order valence-corrected chi connectivity index (χ1v) is 7.44. The minimum absolute atomic E-state index is 0.0116. The van der Waals surface area contributed by atoms with Crippen LogP contribution in [0.25, 0.3) is 0 Å². The third-order valence-electron chi connectivity index (χ3n) is 3.07. The molecule has 21 heavy (non-hydrogen) atoms. The molecule has 1 unspecified atom stereocenters. The molecule has 5 heteroatoms. The molecule has 0 aliphatic carbocycles. The fourth-order valence-electron chi connectivity index (χ4n) is 1.89. The summed E-state index contributed by atoms with van der Waals surface area (Å²) in [6, 6.07) is 7.33. The monoisotopic (exact) mass is 294 g/mol. The molecule has 3 N–H and O–H groups in total. The van der Waals surface area contributed by atoms with E-state index >= 15 is 0 Å². The van der Waals surface area contributed by atoms with Crippen LogP contribution in [0.1, 0.15) is 39.2 Å². The van der Waals surface area contributed by atoms with Gasteiger partial charge in [-0.3, -0.25) is 0 Å². The highest BCUT2D eigenvalue weighted by Gasteiger charge is 2.10. The molecule has 0 radical (unpaired) electrons. The Morgan fingerprint density at radius 3 is 2.76 bits per heavy atom. The van der Waals surface area contributed by atoms with Gasteiger partial charge in [-0.15, -0.1) is 0 Å². The summed E-state index contributed by atoms with van der Waals surface area (Å²) in [7, 11) is 0. The SMILES string of the molecule is CCC(CCO)NC(=O)Nc1cccc(COC(C)C)c1. The Morgan fingerprint density at radius 1 is 1.38 bits per heavy atom. The maximum atomic E-state index is 11.9. The molecule has 0 heterocycles. The number of nitrogens with one attached hydrogen (secondary N) is 2. The van der Waals surface area contributed by atoms with E-state index in [0.717, 1.165) is 17.7 Å². The molecule has 1 aromatic rings. The van der Waals surface area contributed by atoms with E-state index in [1.165, 1.54) is 0 Å². The van der Waals surface area contributed by atoms with Crippen LogP contribution in [0.15, 0.2) is 24.3 Å². The first-order chi connectivity index (χ1) is 10.0. The second kappa shape index (κ2) is 9.37. The van der Waals surface area contributed by atoms with Crippen molar-refractivity contribution in [3.05, 3.63) is 29.8 Å². The third kappa shape index (κ3) is 7.11. The highest BCUT2D eigenvalue weighted by molar-refractivity contribution is 5.89. The van der Waals surface area contributed by atoms with E-state index in [4.69, 9.17) is 9.84 Å². The van der Waals surface area contributed by atoms with Gasteiger partial charge in [-0.05, 0) is 44.4 Å². The fraction of sp³-hybridized carbons (Fsp3) is 0.562. The van der Waals surface area contributed by atoms with Gasteiger partial charge in [-0.25, -0.2) is 4.79 Å².